The minimum atomic E-state index is -0.846. The predicted molar refractivity (Wildman–Crippen MR) is 112 cm³/mol. The molecule has 2 aliphatic carbocycles. The molecule has 0 aromatic carbocycles. The van der Waals surface area contributed by atoms with E-state index in [-0.39, 0.29) is 37.8 Å². The number of allylic oxidation sites excluding steroid dienone is 1. The van der Waals surface area contributed by atoms with Crippen molar-refractivity contribution in [1.29, 1.82) is 0 Å². The molecule has 1 saturated carbocycles. The van der Waals surface area contributed by atoms with Gasteiger partial charge in [-0.05, 0) is 38.5 Å². The van der Waals surface area contributed by atoms with Crippen LogP contribution in [0, 0.1) is 5.41 Å². The average molecular weight is 415 g/mol. The van der Waals surface area contributed by atoms with Gasteiger partial charge in [-0.2, -0.15) is 0 Å². The lowest BCUT2D eigenvalue weighted by atomic mass is 9.89. The van der Waals surface area contributed by atoms with Gasteiger partial charge < -0.3 is 28.8 Å². The van der Waals surface area contributed by atoms with Gasteiger partial charge in [0.05, 0.1) is 25.4 Å². The van der Waals surface area contributed by atoms with Crippen LogP contribution >= 0.6 is 0 Å². The van der Waals surface area contributed by atoms with E-state index >= 15 is 0 Å². The van der Waals surface area contributed by atoms with E-state index in [0.717, 1.165) is 38.5 Å². The van der Waals surface area contributed by atoms with E-state index < -0.39 is 6.29 Å². The fourth-order valence-corrected chi connectivity index (χ4v) is 3.45. The zero-order chi connectivity index (χ0) is 21.0. The van der Waals surface area contributed by atoms with Crippen molar-refractivity contribution in [2.24, 2.45) is 5.41 Å². The van der Waals surface area contributed by atoms with Gasteiger partial charge >= 0.3 is 0 Å². The highest BCUT2D eigenvalue weighted by Crippen LogP contribution is 2.25. The molecule has 0 aromatic heterocycles. The number of hydrogen-bond donors (Lipinski definition) is 1. The average Bonchev–Trinajstić information content (AvgIpc) is 2.75. The summed E-state index contributed by atoms with van der Waals surface area (Å²) in [6.07, 6.45) is 13.6. The largest absolute Gasteiger partial charge is 0.368 e. The minimum absolute atomic E-state index is 0.201. The molecule has 1 N–H and O–H groups in total. The Labute approximate surface area is 176 Å². The summed E-state index contributed by atoms with van der Waals surface area (Å²) in [5.74, 6) is 0. The molecule has 0 aliphatic heterocycles. The van der Waals surface area contributed by atoms with Crippen molar-refractivity contribution in [3.8, 4) is 0 Å². The molecule has 2 rings (SSSR count). The highest BCUT2D eigenvalue weighted by atomic mass is 16.7. The van der Waals surface area contributed by atoms with Gasteiger partial charge in [0.2, 0.25) is 0 Å². The Kier molecular flexibility index (Phi) is 11.7. The highest BCUT2D eigenvalue weighted by Gasteiger charge is 2.27. The van der Waals surface area contributed by atoms with Crippen molar-refractivity contribution < 1.29 is 28.8 Å². The molecule has 0 aromatic rings. The van der Waals surface area contributed by atoms with Crippen molar-refractivity contribution in [2.45, 2.75) is 103 Å². The van der Waals surface area contributed by atoms with Crippen LogP contribution in [0.25, 0.3) is 0 Å². The van der Waals surface area contributed by atoms with Crippen molar-refractivity contribution in [2.75, 3.05) is 26.8 Å². The van der Waals surface area contributed by atoms with Gasteiger partial charge in [0.25, 0.3) is 0 Å². The third-order valence-electron chi connectivity index (χ3n) is 6.09. The van der Waals surface area contributed by atoms with Crippen LogP contribution in [0.5, 0.6) is 0 Å². The standard InChI is InChI=1S/C23H42O6/c1-4-23(2,3)22(24)26-16-21(29-18-28-20-13-9-6-10-14-20)15-25-17-27-19-11-7-5-8-12-19/h6,9,19-22,24H,4-5,7-8,10-18H2,1-3H3. The fraction of sp³-hybridized carbons (Fsp3) is 0.913. The van der Waals surface area contributed by atoms with Crippen LogP contribution in [0.4, 0.5) is 0 Å². The fourth-order valence-electron chi connectivity index (χ4n) is 3.45. The first-order chi connectivity index (χ1) is 14.0. The Morgan fingerprint density at radius 2 is 1.69 bits per heavy atom. The maximum atomic E-state index is 10.3. The zero-order valence-corrected chi connectivity index (χ0v) is 18.6. The first-order valence-electron chi connectivity index (χ1n) is 11.4. The molecule has 6 nitrogen and oxygen atoms in total. The molecule has 0 saturated heterocycles. The molecule has 170 valence electrons. The maximum absolute atomic E-state index is 10.3. The SMILES string of the molecule is CCC(C)(C)C(O)OCC(COCOC1CCCCC1)OCOC1CC=CCC1. The lowest BCUT2D eigenvalue weighted by molar-refractivity contribution is -0.211. The monoisotopic (exact) mass is 414 g/mol. The van der Waals surface area contributed by atoms with Crippen molar-refractivity contribution >= 4 is 0 Å². The molecule has 0 amide bonds. The molecule has 3 atom stereocenters. The highest BCUT2D eigenvalue weighted by molar-refractivity contribution is 4.90. The van der Waals surface area contributed by atoms with E-state index in [2.05, 4.69) is 12.2 Å². The molecule has 0 spiro atoms. The Morgan fingerprint density at radius 1 is 0.931 bits per heavy atom. The molecular formula is C23H42O6. The van der Waals surface area contributed by atoms with Crippen molar-refractivity contribution in [3.63, 3.8) is 0 Å². The second kappa shape index (κ2) is 13.7. The Morgan fingerprint density at radius 3 is 2.38 bits per heavy atom. The van der Waals surface area contributed by atoms with E-state index in [1.165, 1.54) is 19.3 Å². The molecule has 3 unspecified atom stereocenters. The van der Waals surface area contributed by atoms with Gasteiger partial charge in [0, 0.05) is 5.41 Å². The molecule has 2 aliphatic rings. The Balaban J connectivity index is 1.70. The second-order valence-electron chi connectivity index (χ2n) is 8.92. The molecule has 0 bridgehead atoms. The van der Waals surface area contributed by atoms with E-state index in [1.807, 2.05) is 20.8 Å². The Bertz CT molecular complexity index is 447. The summed E-state index contributed by atoms with van der Waals surface area (Å²) < 4.78 is 28.9. The van der Waals surface area contributed by atoms with Gasteiger partial charge in [-0.15, -0.1) is 0 Å². The quantitative estimate of drug-likeness (QED) is 0.256. The van der Waals surface area contributed by atoms with Gasteiger partial charge in [-0.25, -0.2) is 0 Å². The first-order valence-corrected chi connectivity index (χ1v) is 11.4. The second-order valence-corrected chi connectivity index (χ2v) is 8.92. The first kappa shape index (κ1) is 24.8. The van der Waals surface area contributed by atoms with E-state index in [1.54, 1.807) is 0 Å². The summed E-state index contributed by atoms with van der Waals surface area (Å²) in [5.41, 5.74) is -0.305. The third-order valence-corrected chi connectivity index (χ3v) is 6.09. The van der Waals surface area contributed by atoms with Crippen LogP contribution in [-0.4, -0.2) is 56.5 Å². The molecular weight excluding hydrogens is 372 g/mol. The molecule has 0 radical (unpaired) electrons. The minimum Gasteiger partial charge on any atom is -0.368 e. The number of ether oxygens (including phenoxy) is 5. The third kappa shape index (κ3) is 9.90. The summed E-state index contributed by atoms with van der Waals surface area (Å²) in [4.78, 5) is 0. The topological polar surface area (TPSA) is 66.4 Å². The number of aliphatic hydroxyl groups is 1. The van der Waals surface area contributed by atoms with Crippen LogP contribution in [0.15, 0.2) is 12.2 Å². The van der Waals surface area contributed by atoms with Crippen LogP contribution in [0.2, 0.25) is 0 Å². The number of rotatable bonds is 14. The van der Waals surface area contributed by atoms with E-state index in [4.69, 9.17) is 23.7 Å². The summed E-state index contributed by atoms with van der Waals surface area (Å²) in [7, 11) is 0. The summed E-state index contributed by atoms with van der Waals surface area (Å²) >= 11 is 0. The summed E-state index contributed by atoms with van der Waals surface area (Å²) in [6, 6.07) is 0. The van der Waals surface area contributed by atoms with Crippen LogP contribution in [0.1, 0.15) is 78.6 Å². The number of hydrogen-bond acceptors (Lipinski definition) is 6. The van der Waals surface area contributed by atoms with E-state index in [9.17, 15) is 5.11 Å². The van der Waals surface area contributed by atoms with Crippen LogP contribution < -0.4 is 0 Å². The predicted octanol–water partition coefficient (Wildman–Crippen LogP) is 4.55. The summed E-state index contributed by atoms with van der Waals surface area (Å²) in [5, 5.41) is 10.3. The van der Waals surface area contributed by atoms with Crippen LogP contribution in [-0.2, 0) is 23.7 Å². The van der Waals surface area contributed by atoms with Gasteiger partial charge in [-0.1, -0.05) is 52.2 Å². The smallest absolute Gasteiger partial charge is 0.159 e. The normalized spacial score (nSPS) is 23.2. The van der Waals surface area contributed by atoms with Gasteiger partial charge in [-0.3, -0.25) is 0 Å². The van der Waals surface area contributed by atoms with Gasteiger partial charge in [0.1, 0.15) is 19.7 Å². The zero-order valence-electron chi connectivity index (χ0n) is 18.6. The number of aliphatic hydroxyl groups excluding tert-OH is 1. The molecule has 1 fully saturated rings. The Hall–Kier alpha value is -0.500. The van der Waals surface area contributed by atoms with Gasteiger partial charge in [0.15, 0.2) is 6.29 Å². The maximum Gasteiger partial charge on any atom is 0.159 e. The van der Waals surface area contributed by atoms with Crippen molar-refractivity contribution in [3.05, 3.63) is 12.2 Å². The molecule has 6 heteroatoms. The molecule has 0 heterocycles. The lowest BCUT2D eigenvalue weighted by Gasteiger charge is -2.30. The van der Waals surface area contributed by atoms with Crippen molar-refractivity contribution in [1.82, 2.24) is 0 Å². The summed E-state index contributed by atoms with van der Waals surface area (Å²) in [6.45, 7) is 7.08. The van der Waals surface area contributed by atoms with Crippen LogP contribution in [0.3, 0.4) is 0 Å². The van der Waals surface area contributed by atoms with E-state index in [0.29, 0.717) is 12.7 Å². The molecule has 29 heavy (non-hydrogen) atoms. The lowest BCUT2D eigenvalue weighted by Crippen LogP contribution is -2.36.